The first-order valence-corrected chi connectivity index (χ1v) is 7.41. The summed E-state index contributed by atoms with van der Waals surface area (Å²) in [5, 5.41) is 2.94. The van der Waals surface area contributed by atoms with Gasteiger partial charge in [-0.25, -0.2) is 4.98 Å². The van der Waals surface area contributed by atoms with E-state index in [-0.39, 0.29) is 5.91 Å². The van der Waals surface area contributed by atoms with E-state index < -0.39 is 0 Å². The predicted octanol–water partition coefficient (Wildman–Crippen LogP) is 3.34. The fraction of sp³-hybridized carbons (Fsp3) is 0.125. The minimum atomic E-state index is -0.0958. The molecule has 2 heterocycles. The first kappa shape index (κ1) is 13.8. The van der Waals surface area contributed by atoms with E-state index in [9.17, 15) is 4.79 Å². The van der Waals surface area contributed by atoms with Crippen molar-refractivity contribution in [2.75, 3.05) is 0 Å². The lowest BCUT2D eigenvalue weighted by molar-refractivity contribution is 0.0950. The van der Waals surface area contributed by atoms with Crippen LogP contribution < -0.4 is 5.32 Å². The molecular formula is C16H14BrN3O. The highest BCUT2D eigenvalue weighted by molar-refractivity contribution is 9.10. The van der Waals surface area contributed by atoms with E-state index in [2.05, 4.69) is 26.2 Å². The molecule has 0 spiro atoms. The largest absolute Gasteiger partial charge is 0.346 e. The Morgan fingerprint density at radius 3 is 2.95 bits per heavy atom. The maximum atomic E-state index is 12.2. The molecule has 4 nitrogen and oxygen atoms in total. The second-order valence-electron chi connectivity index (χ2n) is 4.77. The number of halogens is 1. The summed E-state index contributed by atoms with van der Waals surface area (Å²) in [4.78, 5) is 16.7. The maximum absolute atomic E-state index is 12.2. The quantitative estimate of drug-likeness (QED) is 0.792. The zero-order valence-electron chi connectivity index (χ0n) is 11.5. The SMILES string of the molecule is Cc1nc2ccccn2c1CNC(=O)c1cccc(Br)c1. The number of fused-ring (bicyclic) bond motifs is 1. The lowest BCUT2D eigenvalue weighted by Crippen LogP contribution is -2.23. The molecule has 0 aliphatic rings. The molecule has 0 saturated heterocycles. The average Bonchev–Trinajstić information content (AvgIpc) is 2.80. The molecule has 106 valence electrons. The smallest absolute Gasteiger partial charge is 0.251 e. The highest BCUT2D eigenvalue weighted by atomic mass is 79.9. The summed E-state index contributed by atoms with van der Waals surface area (Å²) >= 11 is 3.37. The van der Waals surface area contributed by atoms with Crippen LogP contribution in [0.25, 0.3) is 5.65 Å². The standard InChI is InChI=1S/C16H14BrN3O/c1-11-14(20-8-3-2-7-15(20)19-11)10-18-16(21)12-5-4-6-13(17)9-12/h2-9H,10H2,1H3,(H,18,21). The third-order valence-corrected chi connectivity index (χ3v) is 3.83. The maximum Gasteiger partial charge on any atom is 0.251 e. The van der Waals surface area contributed by atoms with Gasteiger partial charge in [0.25, 0.3) is 5.91 Å². The van der Waals surface area contributed by atoms with Crippen molar-refractivity contribution < 1.29 is 4.79 Å². The number of rotatable bonds is 3. The normalized spacial score (nSPS) is 10.8. The van der Waals surface area contributed by atoms with Crippen LogP contribution in [-0.2, 0) is 6.54 Å². The number of hydrogen-bond acceptors (Lipinski definition) is 2. The number of carbonyl (C=O) groups is 1. The van der Waals surface area contributed by atoms with Crippen LogP contribution in [0.5, 0.6) is 0 Å². The molecule has 1 aromatic carbocycles. The Kier molecular flexibility index (Phi) is 3.75. The molecule has 1 amide bonds. The first-order chi connectivity index (χ1) is 10.1. The van der Waals surface area contributed by atoms with E-state index in [1.165, 1.54) is 0 Å². The van der Waals surface area contributed by atoms with Gasteiger partial charge in [0.1, 0.15) is 5.65 Å². The van der Waals surface area contributed by atoms with E-state index in [4.69, 9.17) is 0 Å². The van der Waals surface area contributed by atoms with E-state index in [0.29, 0.717) is 12.1 Å². The van der Waals surface area contributed by atoms with Crippen molar-refractivity contribution in [2.24, 2.45) is 0 Å². The van der Waals surface area contributed by atoms with E-state index in [1.807, 2.05) is 47.9 Å². The van der Waals surface area contributed by atoms with Crippen LogP contribution in [0.2, 0.25) is 0 Å². The number of pyridine rings is 1. The molecule has 0 atom stereocenters. The lowest BCUT2D eigenvalue weighted by atomic mass is 10.2. The number of hydrogen-bond donors (Lipinski definition) is 1. The molecule has 3 aromatic rings. The third kappa shape index (κ3) is 2.83. The molecule has 0 aliphatic carbocycles. The Morgan fingerprint density at radius 1 is 1.29 bits per heavy atom. The number of carbonyl (C=O) groups excluding carboxylic acids is 1. The number of nitrogens with zero attached hydrogens (tertiary/aromatic N) is 2. The third-order valence-electron chi connectivity index (χ3n) is 3.33. The van der Waals surface area contributed by atoms with Crippen molar-refractivity contribution in [3.63, 3.8) is 0 Å². The van der Waals surface area contributed by atoms with Gasteiger partial charge in [-0.05, 0) is 37.3 Å². The van der Waals surface area contributed by atoms with Gasteiger partial charge in [-0.1, -0.05) is 28.1 Å². The zero-order chi connectivity index (χ0) is 14.8. The van der Waals surface area contributed by atoms with Crippen LogP contribution in [-0.4, -0.2) is 15.3 Å². The molecule has 2 aromatic heterocycles. The van der Waals surface area contributed by atoms with Crippen molar-refractivity contribution >= 4 is 27.5 Å². The van der Waals surface area contributed by atoms with E-state index in [0.717, 1.165) is 21.5 Å². The molecule has 0 bridgehead atoms. The van der Waals surface area contributed by atoms with Gasteiger partial charge in [0.05, 0.1) is 17.9 Å². The number of aryl methyl sites for hydroxylation is 1. The van der Waals surface area contributed by atoms with Gasteiger partial charge in [-0.2, -0.15) is 0 Å². The molecule has 0 saturated carbocycles. The fourth-order valence-electron chi connectivity index (χ4n) is 2.27. The summed E-state index contributed by atoms with van der Waals surface area (Å²) in [6.07, 6.45) is 1.95. The van der Waals surface area contributed by atoms with Crippen molar-refractivity contribution in [1.82, 2.24) is 14.7 Å². The minimum Gasteiger partial charge on any atom is -0.346 e. The van der Waals surface area contributed by atoms with Gasteiger partial charge < -0.3 is 9.72 Å². The highest BCUT2D eigenvalue weighted by Gasteiger charge is 2.10. The summed E-state index contributed by atoms with van der Waals surface area (Å²) in [6, 6.07) is 13.2. The van der Waals surface area contributed by atoms with Crippen LogP contribution in [0.4, 0.5) is 0 Å². The molecule has 21 heavy (non-hydrogen) atoms. The molecule has 3 rings (SSSR count). The number of nitrogens with one attached hydrogen (secondary N) is 1. The Labute approximate surface area is 131 Å². The van der Waals surface area contributed by atoms with Gasteiger partial charge in [-0.15, -0.1) is 0 Å². The van der Waals surface area contributed by atoms with Gasteiger partial charge in [0, 0.05) is 16.2 Å². The summed E-state index contributed by atoms with van der Waals surface area (Å²) < 4.78 is 2.89. The summed E-state index contributed by atoms with van der Waals surface area (Å²) in [6.45, 7) is 2.40. The minimum absolute atomic E-state index is 0.0958. The molecule has 0 aliphatic heterocycles. The number of aromatic nitrogens is 2. The van der Waals surface area contributed by atoms with Crippen LogP contribution in [0, 0.1) is 6.92 Å². The Balaban J connectivity index is 1.80. The van der Waals surface area contributed by atoms with Crippen molar-refractivity contribution in [2.45, 2.75) is 13.5 Å². The molecule has 1 N–H and O–H groups in total. The Morgan fingerprint density at radius 2 is 2.14 bits per heavy atom. The molecule has 0 radical (unpaired) electrons. The van der Waals surface area contributed by atoms with Gasteiger partial charge in [-0.3, -0.25) is 4.79 Å². The molecule has 0 unspecified atom stereocenters. The van der Waals surface area contributed by atoms with Gasteiger partial charge in [0.15, 0.2) is 0 Å². The van der Waals surface area contributed by atoms with Crippen molar-refractivity contribution in [3.05, 3.63) is 70.1 Å². The summed E-state index contributed by atoms with van der Waals surface area (Å²) in [5.41, 5.74) is 3.45. The fourth-order valence-corrected chi connectivity index (χ4v) is 2.67. The van der Waals surface area contributed by atoms with Gasteiger partial charge >= 0.3 is 0 Å². The number of amides is 1. The molecule has 0 fully saturated rings. The van der Waals surface area contributed by atoms with E-state index >= 15 is 0 Å². The van der Waals surface area contributed by atoms with E-state index in [1.54, 1.807) is 12.1 Å². The topological polar surface area (TPSA) is 46.4 Å². The summed E-state index contributed by atoms with van der Waals surface area (Å²) in [5.74, 6) is -0.0958. The van der Waals surface area contributed by atoms with Crippen molar-refractivity contribution in [1.29, 1.82) is 0 Å². The Bertz CT molecular complexity index is 810. The number of imidazole rings is 1. The van der Waals surface area contributed by atoms with Crippen LogP contribution >= 0.6 is 15.9 Å². The number of benzene rings is 1. The van der Waals surface area contributed by atoms with Crippen molar-refractivity contribution in [3.8, 4) is 0 Å². The second-order valence-corrected chi connectivity index (χ2v) is 5.68. The highest BCUT2D eigenvalue weighted by Crippen LogP contribution is 2.13. The Hall–Kier alpha value is -2.14. The van der Waals surface area contributed by atoms with Crippen LogP contribution in [0.3, 0.4) is 0 Å². The van der Waals surface area contributed by atoms with Gasteiger partial charge in [0.2, 0.25) is 0 Å². The molecular weight excluding hydrogens is 330 g/mol. The second kappa shape index (κ2) is 5.69. The lowest BCUT2D eigenvalue weighted by Gasteiger charge is -2.06. The summed E-state index contributed by atoms with van der Waals surface area (Å²) in [7, 11) is 0. The zero-order valence-corrected chi connectivity index (χ0v) is 13.1. The van der Waals surface area contributed by atoms with Crippen LogP contribution in [0.1, 0.15) is 21.7 Å². The first-order valence-electron chi connectivity index (χ1n) is 6.61. The van der Waals surface area contributed by atoms with Crippen LogP contribution in [0.15, 0.2) is 53.1 Å². The predicted molar refractivity (Wildman–Crippen MR) is 85.2 cm³/mol. The average molecular weight is 344 g/mol. The monoisotopic (exact) mass is 343 g/mol. The molecule has 5 heteroatoms.